The zero-order valence-electron chi connectivity index (χ0n) is 15.7. The van der Waals surface area contributed by atoms with Crippen LogP contribution in [-0.4, -0.2) is 13.7 Å². The van der Waals surface area contributed by atoms with Gasteiger partial charge in [-0.15, -0.1) is 0 Å². The van der Waals surface area contributed by atoms with E-state index in [1.807, 2.05) is 6.07 Å². The van der Waals surface area contributed by atoms with E-state index in [4.69, 9.17) is 9.47 Å². The van der Waals surface area contributed by atoms with Crippen molar-refractivity contribution >= 4 is 5.69 Å². The van der Waals surface area contributed by atoms with E-state index in [1.165, 1.54) is 16.8 Å². The van der Waals surface area contributed by atoms with Crippen LogP contribution < -0.4 is 14.8 Å². The molecule has 3 atom stereocenters. The summed E-state index contributed by atoms with van der Waals surface area (Å²) >= 11 is 0. The molecule has 3 heteroatoms. The number of anilines is 1. The fourth-order valence-electron chi connectivity index (χ4n) is 4.09. The van der Waals surface area contributed by atoms with Crippen molar-refractivity contribution in [3.05, 3.63) is 65.7 Å². The van der Waals surface area contributed by atoms with E-state index in [9.17, 15) is 0 Å². The van der Waals surface area contributed by atoms with Crippen molar-refractivity contribution in [2.75, 3.05) is 19.0 Å². The highest BCUT2D eigenvalue weighted by Gasteiger charge is 2.38. The lowest BCUT2D eigenvalue weighted by molar-refractivity contribution is 0.270. The second-order valence-corrected chi connectivity index (χ2v) is 7.71. The first-order chi connectivity index (χ1) is 12.7. The molecular weight excluding hydrogens is 322 g/mol. The number of methoxy groups -OCH3 is 1. The van der Waals surface area contributed by atoms with Crippen molar-refractivity contribution in [3.8, 4) is 11.5 Å². The summed E-state index contributed by atoms with van der Waals surface area (Å²) < 4.78 is 11.4. The lowest BCUT2D eigenvalue weighted by Crippen LogP contribution is -2.29. The maximum absolute atomic E-state index is 5.96. The predicted molar refractivity (Wildman–Crippen MR) is 106 cm³/mol. The van der Waals surface area contributed by atoms with Gasteiger partial charge in [0.05, 0.1) is 19.8 Å². The molecule has 136 valence electrons. The molecular formula is C23H27NO2. The number of benzene rings is 2. The molecule has 26 heavy (non-hydrogen) atoms. The molecule has 3 nitrogen and oxygen atoms in total. The van der Waals surface area contributed by atoms with Crippen molar-refractivity contribution < 1.29 is 9.47 Å². The highest BCUT2D eigenvalue weighted by Crippen LogP contribution is 2.50. The third kappa shape index (κ3) is 3.18. The molecule has 1 aliphatic carbocycles. The van der Waals surface area contributed by atoms with E-state index in [0.29, 0.717) is 23.8 Å². The Bertz CT molecular complexity index is 812. The average molecular weight is 349 g/mol. The molecule has 2 aromatic rings. The number of hydrogen-bond donors (Lipinski definition) is 1. The Morgan fingerprint density at radius 3 is 2.81 bits per heavy atom. The predicted octanol–water partition coefficient (Wildman–Crippen LogP) is 5.56. The summed E-state index contributed by atoms with van der Waals surface area (Å²) in [5.41, 5.74) is 3.85. The number of allylic oxidation sites excluding steroid dienone is 2. The Morgan fingerprint density at radius 1 is 1.12 bits per heavy atom. The Hall–Kier alpha value is -2.42. The van der Waals surface area contributed by atoms with Crippen LogP contribution in [0, 0.1) is 11.8 Å². The molecule has 0 amide bonds. The monoisotopic (exact) mass is 349 g/mol. The summed E-state index contributed by atoms with van der Waals surface area (Å²) in [6, 6.07) is 15.2. The van der Waals surface area contributed by atoms with Crippen molar-refractivity contribution in [2.45, 2.75) is 32.2 Å². The molecule has 2 aromatic carbocycles. The molecule has 3 unspecified atom stereocenters. The molecule has 2 aliphatic rings. The van der Waals surface area contributed by atoms with Crippen LogP contribution in [0.15, 0.2) is 54.6 Å². The van der Waals surface area contributed by atoms with Crippen molar-refractivity contribution in [3.63, 3.8) is 0 Å². The van der Waals surface area contributed by atoms with Gasteiger partial charge in [-0.1, -0.05) is 38.1 Å². The van der Waals surface area contributed by atoms with Crippen LogP contribution >= 0.6 is 0 Å². The third-order valence-electron chi connectivity index (χ3n) is 5.37. The minimum atomic E-state index is 0.292. The van der Waals surface area contributed by atoms with Crippen molar-refractivity contribution in [1.82, 2.24) is 0 Å². The SMILES string of the molecule is COc1cccc(C2Nc3ccc(OCC(C)C)cc3C3C=CCC32)c1. The number of rotatable bonds is 5. The van der Waals surface area contributed by atoms with Crippen LogP contribution in [0.2, 0.25) is 0 Å². The lowest BCUT2D eigenvalue weighted by Gasteiger charge is -2.37. The van der Waals surface area contributed by atoms with Crippen LogP contribution in [0.3, 0.4) is 0 Å². The van der Waals surface area contributed by atoms with Crippen LogP contribution in [0.5, 0.6) is 11.5 Å². The Morgan fingerprint density at radius 2 is 2.00 bits per heavy atom. The molecule has 1 N–H and O–H groups in total. The molecule has 0 fully saturated rings. The van der Waals surface area contributed by atoms with Gasteiger partial charge < -0.3 is 14.8 Å². The fraction of sp³-hybridized carbons (Fsp3) is 0.391. The van der Waals surface area contributed by atoms with Gasteiger partial charge in [-0.05, 0) is 59.7 Å². The van der Waals surface area contributed by atoms with Gasteiger partial charge in [0.2, 0.25) is 0 Å². The maximum atomic E-state index is 5.96. The first kappa shape index (κ1) is 17.0. The normalized spacial score (nSPS) is 23.3. The van der Waals surface area contributed by atoms with Crippen LogP contribution in [0.1, 0.15) is 43.4 Å². The number of nitrogens with one attached hydrogen (secondary N) is 1. The lowest BCUT2D eigenvalue weighted by atomic mass is 9.77. The Balaban J connectivity index is 1.65. The first-order valence-corrected chi connectivity index (χ1v) is 9.49. The van der Waals surface area contributed by atoms with Gasteiger partial charge >= 0.3 is 0 Å². The van der Waals surface area contributed by atoms with Crippen molar-refractivity contribution in [2.24, 2.45) is 11.8 Å². The molecule has 1 heterocycles. The smallest absolute Gasteiger partial charge is 0.119 e. The molecule has 0 aromatic heterocycles. The van der Waals surface area contributed by atoms with Gasteiger partial charge in [0, 0.05) is 11.6 Å². The van der Waals surface area contributed by atoms with E-state index in [-0.39, 0.29) is 0 Å². The molecule has 4 rings (SSSR count). The molecule has 0 radical (unpaired) electrons. The quantitative estimate of drug-likeness (QED) is 0.717. The van der Waals surface area contributed by atoms with E-state index >= 15 is 0 Å². The third-order valence-corrected chi connectivity index (χ3v) is 5.37. The largest absolute Gasteiger partial charge is 0.497 e. The number of ether oxygens (including phenoxy) is 2. The van der Waals surface area contributed by atoms with E-state index in [0.717, 1.165) is 24.5 Å². The highest BCUT2D eigenvalue weighted by atomic mass is 16.5. The topological polar surface area (TPSA) is 30.5 Å². The van der Waals surface area contributed by atoms with E-state index in [1.54, 1.807) is 7.11 Å². The molecule has 0 saturated carbocycles. The number of hydrogen-bond acceptors (Lipinski definition) is 3. The van der Waals surface area contributed by atoms with Crippen LogP contribution in [0.4, 0.5) is 5.69 Å². The Labute approximate surface area is 156 Å². The summed E-state index contributed by atoms with van der Waals surface area (Å²) in [5, 5.41) is 3.78. The Kier molecular flexibility index (Phi) is 4.62. The summed E-state index contributed by atoms with van der Waals surface area (Å²) in [6.07, 6.45) is 5.78. The summed E-state index contributed by atoms with van der Waals surface area (Å²) in [7, 11) is 1.72. The molecule has 1 aliphatic heterocycles. The van der Waals surface area contributed by atoms with E-state index < -0.39 is 0 Å². The van der Waals surface area contributed by atoms with E-state index in [2.05, 4.69) is 67.7 Å². The van der Waals surface area contributed by atoms with Crippen LogP contribution in [0.25, 0.3) is 0 Å². The fourth-order valence-corrected chi connectivity index (χ4v) is 4.09. The average Bonchev–Trinajstić information content (AvgIpc) is 3.15. The van der Waals surface area contributed by atoms with Crippen LogP contribution in [-0.2, 0) is 0 Å². The summed E-state index contributed by atoms with van der Waals surface area (Å²) in [5.74, 6) is 3.37. The van der Waals surface area contributed by atoms with Gasteiger partial charge in [-0.2, -0.15) is 0 Å². The van der Waals surface area contributed by atoms with Gasteiger partial charge in [0.15, 0.2) is 0 Å². The zero-order valence-corrected chi connectivity index (χ0v) is 15.7. The molecule has 0 saturated heterocycles. The molecule has 0 bridgehead atoms. The van der Waals surface area contributed by atoms with Gasteiger partial charge in [-0.25, -0.2) is 0 Å². The highest BCUT2D eigenvalue weighted by molar-refractivity contribution is 5.62. The zero-order chi connectivity index (χ0) is 18.1. The van der Waals surface area contributed by atoms with Gasteiger partial charge in [-0.3, -0.25) is 0 Å². The second-order valence-electron chi connectivity index (χ2n) is 7.71. The van der Waals surface area contributed by atoms with Gasteiger partial charge in [0.25, 0.3) is 0 Å². The second kappa shape index (κ2) is 7.06. The summed E-state index contributed by atoms with van der Waals surface area (Å²) in [4.78, 5) is 0. The maximum Gasteiger partial charge on any atom is 0.119 e. The number of fused-ring (bicyclic) bond motifs is 3. The standard InChI is InChI=1S/C23H27NO2/c1-15(2)14-26-18-10-11-22-21(13-18)19-8-5-9-20(19)23(24-22)16-6-4-7-17(12-16)25-3/h4-8,10-13,15,19-20,23-24H,9,14H2,1-3H3. The molecule has 0 spiro atoms. The van der Waals surface area contributed by atoms with Crippen molar-refractivity contribution in [1.29, 1.82) is 0 Å². The minimum Gasteiger partial charge on any atom is -0.497 e. The summed E-state index contributed by atoms with van der Waals surface area (Å²) in [6.45, 7) is 5.10. The van der Waals surface area contributed by atoms with Gasteiger partial charge in [0.1, 0.15) is 11.5 Å². The minimum absolute atomic E-state index is 0.292. The first-order valence-electron chi connectivity index (χ1n) is 9.49.